The highest BCUT2D eigenvalue weighted by atomic mass is 16.5. The van der Waals surface area contributed by atoms with Crippen LogP contribution in [0.1, 0.15) is 37.9 Å². The molecule has 4 nitrogen and oxygen atoms in total. The van der Waals surface area contributed by atoms with Crippen LogP contribution in [0.2, 0.25) is 0 Å². The van der Waals surface area contributed by atoms with Crippen molar-refractivity contribution in [1.29, 1.82) is 0 Å². The lowest BCUT2D eigenvalue weighted by Gasteiger charge is -2.30. The zero-order chi connectivity index (χ0) is 10.7. The number of aryl methyl sites for hydroxylation is 1. The van der Waals surface area contributed by atoms with Gasteiger partial charge in [-0.2, -0.15) is 4.98 Å². The Labute approximate surface area is 90.7 Å². The molecule has 1 atom stereocenters. The van der Waals surface area contributed by atoms with Crippen molar-refractivity contribution in [3.63, 3.8) is 0 Å². The largest absolute Gasteiger partial charge is 0.338 e. The third-order valence-electron chi connectivity index (χ3n) is 3.11. The summed E-state index contributed by atoms with van der Waals surface area (Å²) in [6.07, 6.45) is 3.95. The molecule has 0 spiro atoms. The lowest BCUT2D eigenvalue weighted by molar-refractivity contribution is 0.148. The van der Waals surface area contributed by atoms with E-state index in [2.05, 4.69) is 22.0 Å². The van der Waals surface area contributed by atoms with Crippen molar-refractivity contribution in [2.24, 2.45) is 5.92 Å². The maximum atomic E-state index is 5.13. The number of nitrogens with zero attached hydrogens (tertiary/aromatic N) is 3. The third-order valence-corrected chi connectivity index (χ3v) is 3.11. The Bertz CT molecular complexity index is 311. The van der Waals surface area contributed by atoms with Gasteiger partial charge < -0.3 is 4.52 Å². The predicted octanol–water partition coefficient (Wildman–Crippen LogP) is 2.00. The average Bonchev–Trinajstić information content (AvgIpc) is 2.64. The Hall–Kier alpha value is -0.900. The molecule has 0 aliphatic carbocycles. The Morgan fingerprint density at radius 3 is 3.07 bits per heavy atom. The maximum absolute atomic E-state index is 5.13. The first-order valence-electron chi connectivity index (χ1n) is 5.79. The van der Waals surface area contributed by atoms with Gasteiger partial charge in [0.15, 0.2) is 5.82 Å². The fraction of sp³-hybridized carbons (Fsp3) is 0.818. The third kappa shape index (κ3) is 2.78. The van der Waals surface area contributed by atoms with Gasteiger partial charge in [-0.3, -0.25) is 4.90 Å². The van der Waals surface area contributed by atoms with Gasteiger partial charge in [-0.25, -0.2) is 0 Å². The molecule has 0 aromatic carbocycles. The van der Waals surface area contributed by atoms with Crippen molar-refractivity contribution < 1.29 is 4.52 Å². The van der Waals surface area contributed by atoms with Crippen molar-refractivity contribution in [1.82, 2.24) is 15.0 Å². The molecule has 84 valence electrons. The molecule has 1 saturated heterocycles. The van der Waals surface area contributed by atoms with Gasteiger partial charge in [0.1, 0.15) is 0 Å². The van der Waals surface area contributed by atoms with Gasteiger partial charge in [-0.1, -0.05) is 18.5 Å². The first kappa shape index (κ1) is 10.6. The van der Waals surface area contributed by atoms with Gasteiger partial charge in [0, 0.05) is 6.54 Å². The van der Waals surface area contributed by atoms with Crippen LogP contribution >= 0.6 is 0 Å². The minimum absolute atomic E-state index is 0.731. The van der Waals surface area contributed by atoms with Gasteiger partial charge in [0.25, 0.3) is 0 Å². The van der Waals surface area contributed by atoms with E-state index in [9.17, 15) is 0 Å². The normalized spacial score (nSPS) is 23.2. The van der Waals surface area contributed by atoms with E-state index in [4.69, 9.17) is 4.52 Å². The molecule has 0 unspecified atom stereocenters. The Balaban J connectivity index is 1.88. The van der Waals surface area contributed by atoms with Crippen LogP contribution in [-0.2, 0) is 6.54 Å². The van der Waals surface area contributed by atoms with Gasteiger partial charge in [0.2, 0.25) is 5.89 Å². The summed E-state index contributed by atoms with van der Waals surface area (Å²) >= 11 is 0. The maximum Gasteiger partial charge on any atom is 0.240 e. The van der Waals surface area contributed by atoms with Crippen LogP contribution in [0.5, 0.6) is 0 Å². The monoisotopic (exact) mass is 209 g/mol. The zero-order valence-corrected chi connectivity index (χ0v) is 9.57. The lowest BCUT2D eigenvalue weighted by Crippen LogP contribution is -2.34. The van der Waals surface area contributed by atoms with E-state index in [0.717, 1.165) is 30.7 Å². The Morgan fingerprint density at radius 1 is 1.53 bits per heavy atom. The molecule has 0 amide bonds. The van der Waals surface area contributed by atoms with Crippen molar-refractivity contribution in [3.05, 3.63) is 11.7 Å². The summed E-state index contributed by atoms with van der Waals surface area (Å²) in [6.45, 7) is 7.29. The number of rotatable bonds is 3. The van der Waals surface area contributed by atoms with Crippen LogP contribution in [-0.4, -0.2) is 28.1 Å². The van der Waals surface area contributed by atoms with E-state index in [1.54, 1.807) is 0 Å². The van der Waals surface area contributed by atoms with E-state index in [0.29, 0.717) is 0 Å². The molecule has 0 saturated carbocycles. The number of hydrogen-bond acceptors (Lipinski definition) is 4. The second-order valence-electron chi connectivity index (χ2n) is 4.39. The number of likely N-dealkylation sites (tertiary alicyclic amines) is 1. The highest BCUT2D eigenvalue weighted by molar-refractivity contribution is 4.84. The Morgan fingerprint density at radius 2 is 2.40 bits per heavy atom. The summed E-state index contributed by atoms with van der Waals surface area (Å²) in [5, 5.41) is 3.81. The zero-order valence-electron chi connectivity index (χ0n) is 9.57. The summed E-state index contributed by atoms with van der Waals surface area (Å²) in [4.78, 5) is 6.66. The summed E-state index contributed by atoms with van der Waals surface area (Å²) in [6, 6.07) is 0. The molecule has 1 aromatic rings. The van der Waals surface area contributed by atoms with Gasteiger partial charge in [-0.15, -0.1) is 0 Å². The first-order valence-corrected chi connectivity index (χ1v) is 5.79. The first-order chi connectivity index (χ1) is 7.28. The predicted molar refractivity (Wildman–Crippen MR) is 57.3 cm³/mol. The average molecular weight is 209 g/mol. The van der Waals surface area contributed by atoms with E-state index in [1.165, 1.54) is 25.8 Å². The number of hydrogen-bond donors (Lipinski definition) is 0. The van der Waals surface area contributed by atoms with Gasteiger partial charge in [-0.05, 0) is 32.2 Å². The second kappa shape index (κ2) is 4.75. The highest BCUT2D eigenvalue weighted by Crippen LogP contribution is 2.20. The molecule has 1 aliphatic heterocycles. The van der Waals surface area contributed by atoms with Crippen LogP contribution in [0.25, 0.3) is 0 Å². The van der Waals surface area contributed by atoms with Crippen molar-refractivity contribution in [3.8, 4) is 0 Å². The molecule has 4 heteroatoms. The summed E-state index contributed by atoms with van der Waals surface area (Å²) in [7, 11) is 0. The van der Waals surface area contributed by atoms with Crippen LogP contribution < -0.4 is 0 Å². The summed E-state index contributed by atoms with van der Waals surface area (Å²) < 4.78 is 5.13. The van der Waals surface area contributed by atoms with E-state index >= 15 is 0 Å². The molecule has 0 bridgehead atoms. The fourth-order valence-electron chi connectivity index (χ4n) is 2.22. The lowest BCUT2D eigenvalue weighted by atomic mass is 9.96. The fourth-order valence-corrected chi connectivity index (χ4v) is 2.22. The molecular weight excluding hydrogens is 190 g/mol. The van der Waals surface area contributed by atoms with Gasteiger partial charge in [0.05, 0.1) is 6.54 Å². The molecule has 0 radical (unpaired) electrons. The van der Waals surface area contributed by atoms with E-state index in [1.807, 2.05) is 6.92 Å². The van der Waals surface area contributed by atoms with Gasteiger partial charge >= 0.3 is 0 Å². The minimum atomic E-state index is 0.731. The Kier molecular flexibility index (Phi) is 3.36. The number of aromatic nitrogens is 2. The quantitative estimate of drug-likeness (QED) is 0.763. The van der Waals surface area contributed by atoms with Crippen LogP contribution in [0.15, 0.2) is 4.52 Å². The van der Waals surface area contributed by atoms with E-state index in [-0.39, 0.29) is 0 Å². The molecule has 1 aliphatic rings. The molecule has 1 aromatic heterocycles. The standard InChI is InChI=1S/C11H19N3O/c1-3-10-5-4-6-14(7-10)8-11-12-9(2)13-15-11/h10H,3-8H2,1-2H3/t10-/m0/s1. The van der Waals surface area contributed by atoms with Crippen molar-refractivity contribution >= 4 is 0 Å². The smallest absolute Gasteiger partial charge is 0.240 e. The SMILES string of the molecule is CC[C@H]1CCCN(Cc2nc(C)no2)C1. The molecule has 2 heterocycles. The molecule has 1 fully saturated rings. The minimum Gasteiger partial charge on any atom is -0.338 e. The second-order valence-corrected chi connectivity index (χ2v) is 4.39. The molecular formula is C11H19N3O. The molecule has 0 N–H and O–H groups in total. The van der Waals surface area contributed by atoms with Crippen molar-refractivity contribution in [2.45, 2.75) is 39.7 Å². The molecule has 2 rings (SSSR count). The number of piperidine rings is 1. The molecule has 15 heavy (non-hydrogen) atoms. The summed E-state index contributed by atoms with van der Waals surface area (Å²) in [5.41, 5.74) is 0. The van der Waals surface area contributed by atoms with Crippen LogP contribution in [0.3, 0.4) is 0 Å². The summed E-state index contributed by atoms with van der Waals surface area (Å²) in [5.74, 6) is 2.33. The highest BCUT2D eigenvalue weighted by Gasteiger charge is 2.19. The van der Waals surface area contributed by atoms with Crippen molar-refractivity contribution in [2.75, 3.05) is 13.1 Å². The van der Waals surface area contributed by atoms with Crippen LogP contribution in [0, 0.1) is 12.8 Å². The van der Waals surface area contributed by atoms with Crippen LogP contribution in [0.4, 0.5) is 0 Å². The topological polar surface area (TPSA) is 42.2 Å². The van der Waals surface area contributed by atoms with E-state index < -0.39 is 0 Å².